The molecule has 3 rings (SSSR count). The number of benzene rings is 1. The molecular weight excluding hydrogens is 361 g/mol. The number of oxazole rings is 1. The van der Waals surface area contributed by atoms with Crippen LogP contribution < -0.4 is 9.64 Å². The summed E-state index contributed by atoms with van der Waals surface area (Å²) in [5.41, 5.74) is -1.14. The number of aryl methyl sites for hydroxylation is 1. The Morgan fingerprint density at radius 1 is 1.30 bits per heavy atom. The number of halogens is 3. The number of amides is 1. The van der Waals surface area contributed by atoms with Gasteiger partial charge in [0.1, 0.15) is 11.4 Å². The molecule has 0 saturated heterocycles. The summed E-state index contributed by atoms with van der Waals surface area (Å²) in [4.78, 5) is 18.6. The summed E-state index contributed by atoms with van der Waals surface area (Å²) in [7, 11) is 0. The molecule has 0 saturated carbocycles. The molecule has 2 heterocycles. The topological polar surface area (TPSA) is 55.6 Å². The van der Waals surface area contributed by atoms with Gasteiger partial charge in [0.15, 0.2) is 5.89 Å². The van der Waals surface area contributed by atoms with Crippen molar-refractivity contribution in [1.82, 2.24) is 4.98 Å². The number of aromatic nitrogens is 1. The van der Waals surface area contributed by atoms with Crippen LogP contribution in [0.15, 0.2) is 22.6 Å². The molecule has 2 aromatic rings. The predicted octanol–water partition coefficient (Wildman–Crippen LogP) is 4.94. The van der Waals surface area contributed by atoms with Crippen LogP contribution in [0.2, 0.25) is 0 Å². The molecule has 8 heteroatoms. The number of hydrogen-bond acceptors (Lipinski definition) is 4. The quantitative estimate of drug-likeness (QED) is 0.738. The fraction of sp³-hybridized carbons (Fsp3) is 0.474. The number of rotatable bonds is 2. The molecule has 0 N–H and O–H groups in total. The van der Waals surface area contributed by atoms with Crippen LogP contribution in [-0.4, -0.2) is 23.0 Å². The lowest BCUT2D eigenvalue weighted by atomic mass is 10.0. The van der Waals surface area contributed by atoms with Crippen molar-refractivity contribution in [2.24, 2.45) is 0 Å². The second kappa shape index (κ2) is 6.28. The third kappa shape index (κ3) is 3.65. The molecule has 1 amide bonds. The molecule has 1 aliphatic rings. The molecule has 0 radical (unpaired) electrons. The van der Waals surface area contributed by atoms with Crippen LogP contribution in [0.25, 0.3) is 0 Å². The third-order valence-electron chi connectivity index (χ3n) is 4.25. The largest absolute Gasteiger partial charge is 0.484 e. The van der Waals surface area contributed by atoms with Crippen molar-refractivity contribution in [2.75, 3.05) is 11.4 Å². The van der Waals surface area contributed by atoms with Crippen LogP contribution in [0, 0.1) is 6.92 Å². The average Bonchev–Trinajstić information content (AvgIpc) is 2.93. The normalized spacial score (nSPS) is 16.3. The Morgan fingerprint density at radius 2 is 1.96 bits per heavy atom. The van der Waals surface area contributed by atoms with Gasteiger partial charge >= 0.3 is 6.18 Å². The van der Waals surface area contributed by atoms with E-state index in [-0.39, 0.29) is 29.7 Å². The minimum Gasteiger partial charge on any atom is -0.484 e. The Hall–Kier alpha value is -2.51. The number of carbonyl (C=O) groups is 1. The van der Waals surface area contributed by atoms with E-state index in [1.165, 1.54) is 11.0 Å². The van der Waals surface area contributed by atoms with Crippen molar-refractivity contribution in [2.45, 2.75) is 52.3 Å². The van der Waals surface area contributed by atoms with E-state index < -0.39 is 23.2 Å². The maximum absolute atomic E-state index is 13.1. The Labute approximate surface area is 155 Å². The zero-order chi connectivity index (χ0) is 20.1. The van der Waals surface area contributed by atoms with Gasteiger partial charge in [-0.25, -0.2) is 4.98 Å². The summed E-state index contributed by atoms with van der Waals surface area (Å²) in [6, 6.07) is 3.11. The van der Waals surface area contributed by atoms with Crippen molar-refractivity contribution in [3.63, 3.8) is 0 Å². The van der Waals surface area contributed by atoms with Crippen molar-refractivity contribution in [3.8, 4) is 5.75 Å². The highest BCUT2D eigenvalue weighted by Gasteiger charge is 2.39. The fourth-order valence-corrected chi connectivity index (χ4v) is 2.95. The van der Waals surface area contributed by atoms with Crippen LogP contribution in [0.3, 0.4) is 0 Å². The summed E-state index contributed by atoms with van der Waals surface area (Å²) in [5, 5.41) is 0. The Balaban J connectivity index is 2.09. The second-order valence-electron chi connectivity index (χ2n) is 7.55. The highest BCUT2D eigenvalue weighted by molar-refractivity contribution is 6.06. The van der Waals surface area contributed by atoms with Gasteiger partial charge in [-0.3, -0.25) is 9.69 Å². The highest BCUT2D eigenvalue weighted by atomic mass is 19.4. The minimum atomic E-state index is -4.52. The zero-order valence-corrected chi connectivity index (χ0v) is 15.8. The van der Waals surface area contributed by atoms with E-state index in [4.69, 9.17) is 9.15 Å². The average molecular weight is 382 g/mol. The molecule has 146 valence electrons. The van der Waals surface area contributed by atoms with Gasteiger partial charge in [0.2, 0.25) is 5.76 Å². The minimum absolute atomic E-state index is 0.0181. The van der Waals surface area contributed by atoms with Gasteiger partial charge in [0.25, 0.3) is 5.91 Å². The molecule has 1 aromatic carbocycles. The lowest BCUT2D eigenvalue weighted by molar-refractivity contribution is -0.137. The van der Waals surface area contributed by atoms with Crippen LogP contribution in [0.4, 0.5) is 18.9 Å². The van der Waals surface area contributed by atoms with E-state index in [0.717, 1.165) is 12.1 Å². The number of nitrogens with zero attached hydrogens (tertiary/aromatic N) is 2. The standard InChI is InChI=1S/C19H21F3N2O3/c1-10(2)16-23-11(3)15(26-16)17(25)24-9-18(4,5)27-14-7-6-12(8-13(14)24)19(20,21)22/h6-8,10H,9H2,1-5H3. The van der Waals surface area contributed by atoms with Crippen molar-refractivity contribution in [3.05, 3.63) is 41.1 Å². The van der Waals surface area contributed by atoms with E-state index in [2.05, 4.69) is 4.98 Å². The van der Waals surface area contributed by atoms with Crippen LogP contribution in [0.1, 0.15) is 61.3 Å². The predicted molar refractivity (Wildman–Crippen MR) is 93.2 cm³/mol. The first-order chi connectivity index (χ1) is 12.4. The Morgan fingerprint density at radius 3 is 2.52 bits per heavy atom. The molecule has 27 heavy (non-hydrogen) atoms. The molecule has 0 unspecified atom stereocenters. The van der Waals surface area contributed by atoms with Crippen molar-refractivity contribution >= 4 is 11.6 Å². The van der Waals surface area contributed by atoms with E-state index in [1.54, 1.807) is 20.8 Å². The van der Waals surface area contributed by atoms with Gasteiger partial charge < -0.3 is 9.15 Å². The summed E-state index contributed by atoms with van der Waals surface area (Å²) >= 11 is 0. The maximum atomic E-state index is 13.1. The number of alkyl halides is 3. The number of fused-ring (bicyclic) bond motifs is 1. The molecule has 0 bridgehead atoms. The monoisotopic (exact) mass is 382 g/mol. The Bertz CT molecular complexity index is 885. The van der Waals surface area contributed by atoms with Crippen LogP contribution in [-0.2, 0) is 6.18 Å². The first kappa shape index (κ1) is 19.3. The fourth-order valence-electron chi connectivity index (χ4n) is 2.95. The van der Waals surface area contributed by atoms with E-state index in [1.807, 2.05) is 13.8 Å². The molecular formula is C19H21F3N2O3. The Kier molecular flexibility index (Phi) is 4.48. The number of anilines is 1. The maximum Gasteiger partial charge on any atom is 0.416 e. The summed E-state index contributed by atoms with van der Waals surface area (Å²) < 4.78 is 50.8. The van der Waals surface area contributed by atoms with E-state index in [9.17, 15) is 18.0 Å². The first-order valence-corrected chi connectivity index (χ1v) is 8.58. The van der Waals surface area contributed by atoms with E-state index >= 15 is 0 Å². The number of carbonyl (C=O) groups excluding carboxylic acids is 1. The van der Waals surface area contributed by atoms with Gasteiger partial charge in [-0.1, -0.05) is 13.8 Å². The summed E-state index contributed by atoms with van der Waals surface area (Å²) in [6.07, 6.45) is -4.52. The van der Waals surface area contributed by atoms with Crippen molar-refractivity contribution < 1.29 is 27.1 Å². The highest BCUT2D eigenvalue weighted by Crippen LogP contribution is 2.42. The molecule has 1 aromatic heterocycles. The third-order valence-corrected chi connectivity index (χ3v) is 4.25. The summed E-state index contributed by atoms with van der Waals surface area (Å²) in [6.45, 7) is 9.00. The SMILES string of the molecule is Cc1nc(C(C)C)oc1C(=O)N1CC(C)(C)Oc2ccc(C(F)(F)F)cc21. The lowest BCUT2D eigenvalue weighted by Crippen LogP contribution is -2.49. The van der Waals surface area contributed by atoms with Gasteiger partial charge in [-0.15, -0.1) is 0 Å². The van der Waals surface area contributed by atoms with E-state index in [0.29, 0.717) is 11.6 Å². The zero-order valence-electron chi connectivity index (χ0n) is 15.8. The van der Waals surface area contributed by atoms with Gasteiger partial charge in [-0.05, 0) is 39.0 Å². The number of hydrogen-bond donors (Lipinski definition) is 0. The number of ether oxygens (including phenoxy) is 1. The van der Waals surface area contributed by atoms with Crippen LogP contribution >= 0.6 is 0 Å². The first-order valence-electron chi connectivity index (χ1n) is 8.58. The molecule has 0 atom stereocenters. The van der Waals surface area contributed by atoms with Gasteiger partial charge in [0.05, 0.1) is 23.5 Å². The van der Waals surface area contributed by atoms with Gasteiger partial charge in [-0.2, -0.15) is 13.2 Å². The molecule has 5 nitrogen and oxygen atoms in total. The molecule has 0 spiro atoms. The van der Waals surface area contributed by atoms with Crippen molar-refractivity contribution in [1.29, 1.82) is 0 Å². The van der Waals surface area contributed by atoms with Gasteiger partial charge in [0, 0.05) is 5.92 Å². The van der Waals surface area contributed by atoms with Crippen LogP contribution in [0.5, 0.6) is 5.75 Å². The lowest BCUT2D eigenvalue weighted by Gasteiger charge is -2.39. The molecule has 0 aliphatic carbocycles. The molecule has 0 fully saturated rings. The molecule has 1 aliphatic heterocycles. The summed E-state index contributed by atoms with van der Waals surface area (Å²) in [5.74, 6) is 0.0978. The smallest absolute Gasteiger partial charge is 0.416 e. The second-order valence-corrected chi connectivity index (χ2v) is 7.55.